The van der Waals surface area contributed by atoms with Crippen LogP contribution in [0.3, 0.4) is 0 Å². The van der Waals surface area contributed by atoms with E-state index in [9.17, 15) is 13.2 Å². The third kappa shape index (κ3) is 3.67. The fourth-order valence-corrected chi connectivity index (χ4v) is 3.09. The van der Waals surface area contributed by atoms with Crippen LogP contribution in [0.4, 0.5) is 13.2 Å². The minimum Gasteiger partial charge on any atom is -0.263 e. The first-order chi connectivity index (χ1) is 13.8. The topological polar surface area (TPSA) is 67.4 Å². The fraction of sp³-hybridized carbons (Fsp3) is 0.143. The molecular weight excluding hydrogens is 379 g/mol. The first-order valence-electron chi connectivity index (χ1n) is 8.69. The number of nitriles is 1. The van der Waals surface area contributed by atoms with E-state index < -0.39 is 17.3 Å². The van der Waals surface area contributed by atoms with Gasteiger partial charge in [-0.05, 0) is 35.4 Å². The molecule has 0 aliphatic carbocycles. The largest absolute Gasteiger partial charge is 0.273 e. The van der Waals surface area contributed by atoms with Gasteiger partial charge in [0.15, 0.2) is 0 Å². The zero-order valence-electron chi connectivity index (χ0n) is 15.3. The van der Waals surface area contributed by atoms with Crippen molar-refractivity contribution in [2.75, 3.05) is 0 Å². The number of fused-ring (bicyclic) bond motifs is 1. The van der Waals surface area contributed by atoms with Crippen LogP contribution in [0, 0.1) is 17.1 Å². The number of alkyl halides is 2. The van der Waals surface area contributed by atoms with E-state index >= 15 is 0 Å². The molecule has 29 heavy (non-hydrogen) atoms. The molecular formula is C21H14F3N5. The van der Waals surface area contributed by atoms with Crippen LogP contribution in [-0.2, 0) is 12.5 Å². The van der Waals surface area contributed by atoms with E-state index in [4.69, 9.17) is 5.26 Å². The fourth-order valence-electron chi connectivity index (χ4n) is 3.09. The summed E-state index contributed by atoms with van der Waals surface area (Å²) >= 11 is 0. The van der Waals surface area contributed by atoms with Gasteiger partial charge in [0, 0.05) is 31.1 Å². The van der Waals surface area contributed by atoms with Crippen molar-refractivity contribution in [3.8, 4) is 17.2 Å². The molecule has 0 bridgehead atoms. The normalized spacial score (nSPS) is 11.6. The van der Waals surface area contributed by atoms with Crippen LogP contribution in [0.2, 0.25) is 0 Å². The van der Waals surface area contributed by atoms with Crippen molar-refractivity contribution in [1.82, 2.24) is 19.7 Å². The maximum Gasteiger partial charge on any atom is 0.273 e. The predicted octanol–water partition coefficient (Wildman–Crippen LogP) is 4.66. The second-order valence-electron chi connectivity index (χ2n) is 6.71. The number of benzene rings is 1. The lowest BCUT2D eigenvalue weighted by molar-refractivity contribution is 0.0138. The molecule has 0 saturated heterocycles. The van der Waals surface area contributed by atoms with Gasteiger partial charge in [-0.3, -0.25) is 14.6 Å². The second kappa shape index (κ2) is 7.02. The lowest BCUT2D eigenvalue weighted by Gasteiger charge is -2.13. The van der Waals surface area contributed by atoms with Gasteiger partial charge in [0.2, 0.25) is 0 Å². The van der Waals surface area contributed by atoms with E-state index in [0.717, 1.165) is 17.7 Å². The van der Waals surface area contributed by atoms with E-state index in [1.165, 1.54) is 18.5 Å². The van der Waals surface area contributed by atoms with E-state index in [2.05, 4.69) is 15.1 Å². The second-order valence-corrected chi connectivity index (χ2v) is 6.71. The summed E-state index contributed by atoms with van der Waals surface area (Å²) in [7, 11) is 0. The van der Waals surface area contributed by atoms with Crippen molar-refractivity contribution in [3.05, 3.63) is 77.6 Å². The third-order valence-electron chi connectivity index (χ3n) is 4.52. The molecule has 0 radical (unpaired) electrons. The van der Waals surface area contributed by atoms with Crippen LogP contribution < -0.4 is 0 Å². The summed E-state index contributed by atoms with van der Waals surface area (Å²) in [5.74, 6) is -4.25. The van der Waals surface area contributed by atoms with Crippen molar-refractivity contribution >= 4 is 11.0 Å². The molecule has 0 spiro atoms. The molecule has 1 aromatic carbocycles. The summed E-state index contributed by atoms with van der Waals surface area (Å²) in [4.78, 5) is 8.37. The monoisotopic (exact) mass is 393 g/mol. The molecule has 8 heteroatoms. The Hall–Kier alpha value is -3.73. The molecule has 0 atom stereocenters. The number of rotatable bonds is 4. The molecule has 0 N–H and O–H groups in total. The van der Waals surface area contributed by atoms with Gasteiger partial charge in [-0.15, -0.1) is 0 Å². The quantitative estimate of drug-likeness (QED) is 0.506. The van der Waals surface area contributed by atoms with Crippen LogP contribution in [0.25, 0.3) is 22.2 Å². The average molecular weight is 393 g/mol. The first kappa shape index (κ1) is 18.6. The van der Waals surface area contributed by atoms with Gasteiger partial charge in [-0.1, -0.05) is 6.07 Å². The maximum absolute atomic E-state index is 13.8. The first-order valence-corrected chi connectivity index (χ1v) is 8.69. The highest BCUT2D eigenvalue weighted by Gasteiger charge is 2.28. The number of nitrogens with zero attached hydrogens (tertiary/aromatic N) is 5. The molecule has 0 amide bonds. The molecule has 3 aromatic heterocycles. The SMILES string of the molecule is CC(F)(F)c1cc(-c2cnc3cnn(Cc4cncc(C#N)c4)c3c2)ccc1F. The molecule has 0 unspecified atom stereocenters. The standard InChI is InChI=1S/C21H14F3N5/c1-21(23,24)17-5-15(2-3-18(17)22)16-6-20-19(27-10-16)11-28-29(20)12-14-4-13(7-25)8-26-9-14/h2-6,8-11H,12H2,1H3. The molecule has 3 heterocycles. The number of pyridine rings is 2. The highest BCUT2D eigenvalue weighted by atomic mass is 19.3. The molecule has 144 valence electrons. The van der Waals surface area contributed by atoms with Crippen molar-refractivity contribution in [3.63, 3.8) is 0 Å². The highest BCUT2D eigenvalue weighted by Crippen LogP contribution is 2.33. The Balaban J connectivity index is 1.75. The number of hydrogen-bond donors (Lipinski definition) is 0. The molecule has 0 aliphatic heterocycles. The number of halogens is 3. The number of aromatic nitrogens is 4. The Kier molecular flexibility index (Phi) is 4.51. The number of hydrogen-bond acceptors (Lipinski definition) is 4. The van der Waals surface area contributed by atoms with Crippen molar-refractivity contribution < 1.29 is 13.2 Å². The minimum absolute atomic E-state index is 0.360. The van der Waals surface area contributed by atoms with Crippen LogP contribution >= 0.6 is 0 Å². The molecule has 5 nitrogen and oxygen atoms in total. The van der Waals surface area contributed by atoms with Gasteiger partial charge in [0.05, 0.1) is 29.4 Å². The summed E-state index contributed by atoms with van der Waals surface area (Å²) in [5, 5.41) is 13.3. The van der Waals surface area contributed by atoms with Gasteiger partial charge >= 0.3 is 0 Å². The third-order valence-corrected chi connectivity index (χ3v) is 4.52. The summed E-state index contributed by atoms with van der Waals surface area (Å²) in [6.07, 6.45) is 6.25. The van der Waals surface area contributed by atoms with E-state index in [1.54, 1.807) is 29.2 Å². The van der Waals surface area contributed by atoms with Crippen LogP contribution in [0.1, 0.15) is 23.6 Å². The minimum atomic E-state index is -3.29. The Morgan fingerprint density at radius 1 is 1.07 bits per heavy atom. The van der Waals surface area contributed by atoms with Gasteiger partial charge in [0.1, 0.15) is 17.4 Å². The molecule has 0 aliphatic rings. The van der Waals surface area contributed by atoms with Gasteiger partial charge in [-0.25, -0.2) is 13.2 Å². The predicted molar refractivity (Wildman–Crippen MR) is 101 cm³/mol. The van der Waals surface area contributed by atoms with Crippen LogP contribution in [0.5, 0.6) is 0 Å². The smallest absolute Gasteiger partial charge is 0.263 e. The van der Waals surface area contributed by atoms with Crippen molar-refractivity contribution in [2.45, 2.75) is 19.4 Å². The van der Waals surface area contributed by atoms with E-state index in [0.29, 0.717) is 41.2 Å². The molecule has 0 fully saturated rings. The summed E-state index contributed by atoms with van der Waals surface area (Å²) < 4.78 is 42.9. The Labute approximate surface area is 164 Å². The molecule has 4 rings (SSSR count). The zero-order chi connectivity index (χ0) is 20.6. The van der Waals surface area contributed by atoms with Crippen LogP contribution in [-0.4, -0.2) is 19.7 Å². The summed E-state index contributed by atoms with van der Waals surface area (Å²) in [5.41, 5.74) is 2.86. The zero-order valence-corrected chi connectivity index (χ0v) is 15.3. The lowest BCUT2D eigenvalue weighted by atomic mass is 10.0. The van der Waals surface area contributed by atoms with Crippen molar-refractivity contribution in [2.24, 2.45) is 0 Å². The Morgan fingerprint density at radius 3 is 2.66 bits per heavy atom. The molecule has 0 saturated carbocycles. The van der Waals surface area contributed by atoms with E-state index in [-0.39, 0.29) is 0 Å². The van der Waals surface area contributed by atoms with Gasteiger partial charge < -0.3 is 0 Å². The average Bonchev–Trinajstić information content (AvgIpc) is 3.09. The van der Waals surface area contributed by atoms with Gasteiger partial charge in [0.25, 0.3) is 5.92 Å². The summed E-state index contributed by atoms with van der Waals surface area (Å²) in [6.45, 7) is 1.02. The lowest BCUT2D eigenvalue weighted by Crippen LogP contribution is -2.10. The van der Waals surface area contributed by atoms with Crippen LogP contribution in [0.15, 0.2) is 55.1 Å². The Morgan fingerprint density at radius 2 is 1.90 bits per heavy atom. The highest BCUT2D eigenvalue weighted by molar-refractivity contribution is 5.80. The summed E-state index contributed by atoms with van der Waals surface area (Å²) in [6, 6.07) is 9.13. The van der Waals surface area contributed by atoms with Gasteiger partial charge in [-0.2, -0.15) is 10.4 Å². The maximum atomic E-state index is 13.8. The Bertz CT molecular complexity index is 1250. The molecule has 4 aromatic rings. The van der Waals surface area contributed by atoms with Crippen molar-refractivity contribution in [1.29, 1.82) is 5.26 Å². The van der Waals surface area contributed by atoms with E-state index in [1.807, 2.05) is 6.07 Å².